The van der Waals surface area contributed by atoms with Gasteiger partial charge in [-0.25, -0.2) is 4.79 Å². The molecule has 0 fully saturated rings. The molecule has 118 valence electrons. The van der Waals surface area contributed by atoms with Crippen molar-refractivity contribution >= 4 is 6.09 Å². The van der Waals surface area contributed by atoms with Crippen molar-refractivity contribution in [3.8, 4) is 0 Å². The Hall–Kier alpha value is -2.77. The number of nitrogens with one attached hydrogen (secondary N) is 1. The maximum atomic E-state index is 11.9. The van der Waals surface area contributed by atoms with Crippen LogP contribution in [0.4, 0.5) is 4.79 Å². The monoisotopic (exact) mass is 307 g/mol. The minimum Gasteiger partial charge on any atom is -0.445 e. The quantitative estimate of drug-likeness (QED) is 0.776. The first-order valence-corrected chi connectivity index (χ1v) is 7.65. The van der Waals surface area contributed by atoms with Crippen molar-refractivity contribution in [2.45, 2.75) is 25.5 Å². The van der Waals surface area contributed by atoms with E-state index in [2.05, 4.69) is 29.8 Å². The van der Waals surface area contributed by atoms with Gasteiger partial charge in [-0.1, -0.05) is 67.2 Å². The standard InChI is InChI=1S/C20H21NO2/c1-2-9-19(15-14-17-10-5-3-6-11-17)21-20(22)23-16-18-12-7-4-8-13-18/h3-13,19H,1,14-16H2,(H,21,22). The molecule has 1 N–H and O–H groups in total. The Labute approximate surface area is 137 Å². The van der Waals surface area contributed by atoms with Crippen LogP contribution in [0.3, 0.4) is 0 Å². The van der Waals surface area contributed by atoms with Gasteiger partial charge in [0, 0.05) is 0 Å². The molecule has 3 heteroatoms. The lowest BCUT2D eigenvalue weighted by molar-refractivity contribution is 0.137. The van der Waals surface area contributed by atoms with E-state index in [9.17, 15) is 4.79 Å². The molecular formula is C20H21NO2. The van der Waals surface area contributed by atoms with Gasteiger partial charge in [-0.2, -0.15) is 0 Å². The van der Waals surface area contributed by atoms with Crippen molar-refractivity contribution in [3.05, 3.63) is 90.2 Å². The smallest absolute Gasteiger partial charge is 0.407 e. The van der Waals surface area contributed by atoms with Gasteiger partial charge < -0.3 is 10.1 Å². The van der Waals surface area contributed by atoms with Gasteiger partial charge in [0.05, 0.1) is 6.04 Å². The van der Waals surface area contributed by atoms with E-state index in [0.29, 0.717) is 0 Å². The molecule has 0 aliphatic carbocycles. The summed E-state index contributed by atoms with van der Waals surface area (Å²) in [6, 6.07) is 19.6. The molecule has 1 amide bonds. The maximum absolute atomic E-state index is 11.9. The number of hydrogen-bond donors (Lipinski definition) is 1. The summed E-state index contributed by atoms with van der Waals surface area (Å²) >= 11 is 0. The first kappa shape index (κ1) is 16.6. The predicted octanol–water partition coefficient (Wildman–Crippen LogP) is 4.26. The number of alkyl carbamates (subject to hydrolysis) is 1. The molecule has 0 saturated heterocycles. The normalized spacial score (nSPS) is 11.1. The second-order valence-electron chi connectivity index (χ2n) is 5.21. The van der Waals surface area contributed by atoms with Crippen molar-refractivity contribution in [2.24, 2.45) is 0 Å². The van der Waals surface area contributed by atoms with Crippen LogP contribution in [0.2, 0.25) is 0 Å². The Balaban J connectivity index is 1.81. The zero-order valence-corrected chi connectivity index (χ0v) is 13.1. The van der Waals surface area contributed by atoms with Crippen LogP contribution in [-0.4, -0.2) is 12.1 Å². The first-order valence-electron chi connectivity index (χ1n) is 7.65. The van der Waals surface area contributed by atoms with Crippen LogP contribution in [-0.2, 0) is 17.8 Å². The molecule has 2 aromatic carbocycles. The van der Waals surface area contributed by atoms with Gasteiger partial charge >= 0.3 is 6.09 Å². The van der Waals surface area contributed by atoms with Gasteiger partial charge in [0.15, 0.2) is 0 Å². The van der Waals surface area contributed by atoms with Gasteiger partial charge in [-0.3, -0.25) is 0 Å². The number of rotatable bonds is 7. The molecule has 2 rings (SSSR count). The second kappa shape index (κ2) is 9.29. The highest BCUT2D eigenvalue weighted by Crippen LogP contribution is 2.07. The van der Waals surface area contributed by atoms with E-state index in [0.717, 1.165) is 18.4 Å². The Kier molecular flexibility index (Phi) is 6.70. The van der Waals surface area contributed by atoms with Crippen LogP contribution in [0.15, 0.2) is 79.0 Å². The molecule has 0 bridgehead atoms. The van der Waals surface area contributed by atoms with Crippen LogP contribution in [0.1, 0.15) is 17.5 Å². The zero-order valence-electron chi connectivity index (χ0n) is 13.1. The van der Waals surface area contributed by atoms with Crippen LogP contribution in [0.5, 0.6) is 0 Å². The molecule has 2 aromatic rings. The molecule has 0 aromatic heterocycles. The van der Waals surface area contributed by atoms with E-state index in [1.165, 1.54) is 5.56 Å². The molecular weight excluding hydrogens is 286 g/mol. The highest BCUT2D eigenvalue weighted by Gasteiger charge is 2.10. The van der Waals surface area contributed by atoms with E-state index in [1.54, 1.807) is 6.08 Å². The number of carbonyl (C=O) groups is 1. The maximum Gasteiger partial charge on any atom is 0.407 e. The molecule has 23 heavy (non-hydrogen) atoms. The van der Waals surface area contributed by atoms with E-state index in [1.807, 2.05) is 48.5 Å². The highest BCUT2D eigenvalue weighted by molar-refractivity contribution is 5.67. The summed E-state index contributed by atoms with van der Waals surface area (Å²) in [7, 11) is 0. The largest absolute Gasteiger partial charge is 0.445 e. The first-order chi connectivity index (χ1) is 11.3. The Morgan fingerprint density at radius 2 is 1.70 bits per heavy atom. The van der Waals surface area contributed by atoms with E-state index < -0.39 is 6.09 Å². The molecule has 0 saturated carbocycles. The summed E-state index contributed by atoms with van der Waals surface area (Å²) in [4.78, 5) is 11.9. The number of benzene rings is 2. The zero-order chi connectivity index (χ0) is 16.3. The fraction of sp³-hybridized carbons (Fsp3) is 0.200. The summed E-state index contributed by atoms with van der Waals surface area (Å²) in [6.45, 7) is 3.84. The van der Waals surface area contributed by atoms with Crippen LogP contribution in [0.25, 0.3) is 0 Å². The summed E-state index contributed by atoms with van der Waals surface area (Å²) < 4.78 is 5.24. The number of carbonyl (C=O) groups excluding carboxylic acids is 1. The fourth-order valence-electron chi connectivity index (χ4n) is 2.22. The van der Waals surface area contributed by atoms with Gasteiger partial charge in [0.2, 0.25) is 0 Å². The molecule has 0 aliphatic heterocycles. The lowest BCUT2D eigenvalue weighted by Crippen LogP contribution is -2.34. The SMILES string of the molecule is C=C=CC(CCc1ccccc1)NC(=O)OCc1ccccc1. The molecule has 3 nitrogen and oxygen atoms in total. The molecule has 1 unspecified atom stereocenters. The van der Waals surface area contributed by atoms with E-state index in [4.69, 9.17) is 4.74 Å². The van der Waals surface area contributed by atoms with Crippen molar-refractivity contribution < 1.29 is 9.53 Å². The van der Waals surface area contributed by atoms with Crippen LogP contribution >= 0.6 is 0 Å². The average Bonchev–Trinajstić information content (AvgIpc) is 2.60. The van der Waals surface area contributed by atoms with E-state index >= 15 is 0 Å². The third-order valence-corrected chi connectivity index (χ3v) is 3.42. The average molecular weight is 307 g/mol. The van der Waals surface area contributed by atoms with Crippen molar-refractivity contribution in [2.75, 3.05) is 0 Å². The third-order valence-electron chi connectivity index (χ3n) is 3.42. The molecule has 0 radical (unpaired) electrons. The third kappa shape index (κ3) is 6.25. The molecule has 1 atom stereocenters. The Bertz CT molecular complexity index is 646. The fourth-order valence-corrected chi connectivity index (χ4v) is 2.22. The Morgan fingerprint density at radius 3 is 2.30 bits per heavy atom. The minimum atomic E-state index is -0.432. The number of aryl methyl sites for hydroxylation is 1. The van der Waals surface area contributed by atoms with Crippen LogP contribution < -0.4 is 5.32 Å². The topological polar surface area (TPSA) is 38.3 Å². The number of ether oxygens (including phenoxy) is 1. The predicted molar refractivity (Wildman–Crippen MR) is 92.0 cm³/mol. The summed E-state index contributed by atoms with van der Waals surface area (Å²) in [5, 5.41) is 2.84. The van der Waals surface area contributed by atoms with Crippen molar-refractivity contribution in [3.63, 3.8) is 0 Å². The summed E-state index contributed by atoms with van der Waals surface area (Å²) in [5.74, 6) is 0. The Morgan fingerprint density at radius 1 is 1.09 bits per heavy atom. The molecule has 0 aliphatic rings. The van der Waals surface area contributed by atoms with E-state index in [-0.39, 0.29) is 12.6 Å². The van der Waals surface area contributed by atoms with Crippen LogP contribution in [0, 0.1) is 0 Å². The lowest BCUT2D eigenvalue weighted by Gasteiger charge is -2.14. The van der Waals surface area contributed by atoms with Gasteiger partial charge in [-0.15, -0.1) is 5.73 Å². The number of hydrogen-bond acceptors (Lipinski definition) is 2. The number of amides is 1. The summed E-state index contributed by atoms with van der Waals surface area (Å²) in [6.07, 6.45) is 2.96. The molecule has 0 heterocycles. The summed E-state index contributed by atoms with van der Waals surface area (Å²) in [5.41, 5.74) is 4.93. The van der Waals surface area contributed by atoms with Crippen molar-refractivity contribution in [1.82, 2.24) is 5.32 Å². The second-order valence-corrected chi connectivity index (χ2v) is 5.21. The molecule has 0 spiro atoms. The highest BCUT2D eigenvalue weighted by atomic mass is 16.5. The van der Waals surface area contributed by atoms with Gasteiger partial charge in [-0.05, 0) is 30.0 Å². The van der Waals surface area contributed by atoms with Gasteiger partial charge in [0.1, 0.15) is 6.61 Å². The lowest BCUT2D eigenvalue weighted by atomic mass is 10.1. The minimum absolute atomic E-state index is 0.143. The van der Waals surface area contributed by atoms with Gasteiger partial charge in [0.25, 0.3) is 0 Å². The van der Waals surface area contributed by atoms with Crippen molar-refractivity contribution in [1.29, 1.82) is 0 Å².